The van der Waals surface area contributed by atoms with Gasteiger partial charge in [-0.05, 0) is 31.7 Å². The molecule has 138 valence electrons. The molecule has 1 unspecified atom stereocenters. The quantitative estimate of drug-likeness (QED) is 0.766. The van der Waals surface area contributed by atoms with Crippen LogP contribution in [-0.2, 0) is 6.54 Å². The lowest BCUT2D eigenvalue weighted by atomic mass is 10.0. The summed E-state index contributed by atoms with van der Waals surface area (Å²) in [7, 11) is 0. The molecule has 0 radical (unpaired) electrons. The lowest BCUT2D eigenvalue weighted by Crippen LogP contribution is -2.38. The van der Waals surface area contributed by atoms with E-state index < -0.39 is 0 Å². The number of anilines is 1. The molecule has 0 spiro atoms. The van der Waals surface area contributed by atoms with E-state index in [4.69, 9.17) is 0 Å². The Bertz CT molecular complexity index is 941. The predicted octanol–water partition coefficient (Wildman–Crippen LogP) is 3.94. The van der Waals surface area contributed by atoms with Gasteiger partial charge < -0.3 is 10.2 Å². The molecule has 1 N–H and O–H groups in total. The van der Waals surface area contributed by atoms with Gasteiger partial charge in [0.15, 0.2) is 11.5 Å². The molecule has 0 saturated carbocycles. The molecule has 1 amide bonds. The number of piperidine rings is 1. The van der Waals surface area contributed by atoms with Crippen LogP contribution in [0.4, 0.5) is 5.82 Å². The molecular formula is C22H24N4O. The first-order valence-electron chi connectivity index (χ1n) is 9.58. The zero-order valence-corrected chi connectivity index (χ0v) is 15.6. The van der Waals surface area contributed by atoms with Crippen molar-refractivity contribution >= 4 is 22.5 Å². The summed E-state index contributed by atoms with van der Waals surface area (Å²) in [5, 5.41) is 13.6. The number of nitrogens with zero attached hydrogens (tertiary/aromatic N) is 3. The van der Waals surface area contributed by atoms with Crippen molar-refractivity contribution in [2.45, 2.75) is 38.8 Å². The van der Waals surface area contributed by atoms with Gasteiger partial charge in [-0.1, -0.05) is 54.6 Å². The minimum Gasteiger partial charge on any atom is -0.352 e. The monoisotopic (exact) mass is 360 g/mol. The molecule has 5 heteroatoms. The molecule has 4 rings (SSSR count). The van der Waals surface area contributed by atoms with Gasteiger partial charge >= 0.3 is 0 Å². The van der Waals surface area contributed by atoms with Crippen molar-refractivity contribution in [1.82, 2.24) is 15.5 Å². The van der Waals surface area contributed by atoms with Crippen LogP contribution in [0.5, 0.6) is 0 Å². The largest absolute Gasteiger partial charge is 0.352 e. The second-order valence-corrected chi connectivity index (χ2v) is 7.12. The summed E-state index contributed by atoms with van der Waals surface area (Å²) in [5.74, 6) is 0.693. The third-order valence-electron chi connectivity index (χ3n) is 5.25. The molecule has 0 aliphatic carbocycles. The van der Waals surface area contributed by atoms with Gasteiger partial charge in [0.25, 0.3) is 5.91 Å². The van der Waals surface area contributed by atoms with Crippen molar-refractivity contribution < 1.29 is 4.79 Å². The Morgan fingerprint density at radius 1 is 1.04 bits per heavy atom. The Labute approximate surface area is 159 Å². The summed E-state index contributed by atoms with van der Waals surface area (Å²) in [6.45, 7) is 3.69. The fourth-order valence-electron chi connectivity index (χ4n) is 3.74. The highest BCUT2D eigenvalue weighted by Gasteiger charge is 2.24. The fraction of sp³-hybridized carbons (Fsp3) is 0.318. The Morgan fingerprint density at radius 2 is 1.78 bits per heavy atom. The van der Waals surface area contributed by atoms with E-state index in [-0.39, 0.29) is 5.91 Å². The van der Waals surface area contributed by atoms with Crippen LogP contribution >= 0.6 is 0 Å². The number of nitrogens with one attached hydrogen (secondary N) is 1. The molecule has 27 heavy (non-hydrogen) atoms. The summed E-state index contributed by atoms with van der Waals surface area (Å²) >= 11 is 0. The van der Waals surface area contributed by atoms with E-state index in [0.29, 0.717) is 18.3 Å². The number of fused-ring (bicyclic) bond motifs is 1. The topological polar surface area (TPSA) is 58.1 Å². The van der Waals surface area contributed by atoms with E-state index >= 15 is 0 Å². The lowest BCUT2D eigenvalue weighted by molar-refractivity contribution is 0.0947. The van der Waals surface area contributed by atoms with Gasteiger partial charge in [0.05, 0.1) is 0 Å². The van der Waals surface area contributed by atoms with Crippen molar-refractivity contribution in [2.24, 2.45) is 0 Å². The van der Waals surface area contributed by atoms with Crippen molar-refractivity contribution in [1.29, 1.82) is 0 Å². The second kappa shape index (κ2) is 7.74. The van der Waals surface area contributed by atoms with Crippen LogP contribution < -0.4 is 10.2 Å². The van der Waals surface area contributed by atoms with Crippen LogP contribution in [0, 0.1) is 0 Å². The van der Waals surface area contributed by atoms with E-state index in [0.717, 1.165) is 35.1 Å². The van der Waals surface area contributed by atoms with Gasteiger partial charge in [0.2, 0.25) is 0 Å². The number of benzene rings is 2. The minimum atomic E-state index is -0.194. The summed E-state index contributed by atoms with van der Waals surface area (Å²) < 4.78 is 0. The maximum absolute atomic E-state index is 12.8. The van der Waals surface area contributed by atoms with Gasteiger partial charge in [0, 0.05) is 29.9 Å². The van der Waals surface area contributed by atoms with Gasteiger partial charge in [0.1, 0.15) is 0 Å². The number of hydrogen-bond donors (Lipinski definition) is 1. The fourth-order valence-corrected chi connectivity index (χ4v) is 3.74. The van der Waals surface area contributed by atoms with E-state index in [1.54, 1.807) is 0 Å². The van der Waals surface area contributed by atoms with Crippen LogP contribution in [0.2, 0.25) is 0 Å². The predicted molar refractivity (Wildman–Crippen MR) is 108 cm³/mol. The SMILES string of the molecule is CC1CCCCN1c1nnc(C(=O)NCc2ccccc2)c2ccccc12. The lowest BCUT2D eigenvalue weighted by Gasteiger charge is -2.34. The Morgan fingerprint density at radius 3 is 2.56 bits per heavy atom. The highest BCUT2D eigenvalue weighted by molar-refractivity contribution is 6.07. The molecule has 3 aromatic rings. The number of carbonyl (C=O) groups excluding carboxylic acids is 1. The van der Waals surface area contributed by atoms with Gasteiger partial charge in [-0.15, -0.1) is 10.2 Å². The Hall–Kier alpha value is -2.95. The van der Waals surface area contributed by atoms with Crippen molar-refractivity contribution in [3.05, 3.63) is 65.9 Å². The highest BCUT2D eigenvalue weighted by Crippen LogP contribution is 2.30. The Kier molecular flexibility index (Phi) is 5.01. The average molecular weight is 360 g/mol. The number of amides is 1. The number of carbonyl (C=O) groups is 1. The molecule has 1 atom stereocenters. The summed E-state index contributed by atoms with van der Waals surface area (Å²) in [4.78, 5) is 15.1. The summed E-state index contributed by atoms with van der Waals surface area (Å²) in [6.07, 6.45) is 3.58. The van der Waals surface area contributed by atoms with Crippen molar-refractivity contribution in [2.75, 3.05) is 11.4 Å². The Balaban J connectivity index is 1.64. The van der Waals surface area contributed by atoms with Crippen LogP contribution in [-0.4, -0.2) is 28.7 Å². The van der Waals surface area contributed by atoms with Crippen LogP contribution in [0.3, 0.4) is 0 Å². The molecule has 1 saturated heterocycles. The molecule has 1 aromatic heterocycles. The van der Waals surface area contributed by atoms with E-state index in [1.165, 1.54) is 12.8 Å². The molecule has 1 aliphatic rings. The van der Waals surface area contributed by atoms with Crippen LogP contribution in [0.25, 0.3) is 10.8 Å². The molecule has 1 aliphatic heterocycles. The molecule has 2 heterocycles. The minimum absolute atomic E-state index is 0.194. The third kappa shape index (κ3) is 3.63. The van der Waals surface area contributed by atoms with Crippen LogP contribution in [0.15, 0.2) is 54.6 Å². The summed E-state index contributed by atoms with van der Waals surface area (Å²) in [6, 6.07) is 18.2. The summed E-state index contributed by atoms with van der Waals surface area (Å²) in [5.41, 5.74) is 1.44. The first-order valence-corrected chi connectivity index (χ1v) is 9.58. The smallest absolute Gasteiger partial charge is 0.272 e. The van der Waals surface area contributed by atoms with Crippen LogP contribution in [0.1, 0.15) is 42.2 Å². The third-order valence-corrected chi connectivity index (χ3v) is 5.25. The van der Waals surface area contributed by atoms with Crippen molar-refractivity contribution in [3.63, 3.8) is 0 Å². The van der Waals surface area contributed by atoms with Gasteiger partial charge in [-0.25, -0.2) is 0 Å². The van der Waals surface area contributed by atoms with Gasteiger partial charge in [-0.2, -0.15) is 0 Å². The standard InChI is InChI=1S/C22H24N4O/c1-16-9-7-8-14-26(16)21-19-13-6-5-12-18(19)20(24-25-21)22(27)23-15-17-10-3-2-4-11-17/h2-6,10-13,16H,7-9,14-15H2,1H3,(H,23,27). The molecular weight excluding hydrogens is 336 g/mol. The molecule has 1 fully saturated rings. The van der Waals surface area contributed by atoms with Gasteiger partial charge in [-0.3, -0.25) is 4.79 Å². The molecule has 5 nitrogen and oxygen atoms in total. The van der Waals surface area contributed by atoms with E-state index in [2.05, 4.69) is 27.3 Å². The normalized spacial score (nSPS) is 17.1. The van der Waals surface area contributed by atoms with E-state index in [9.17, 15) is 4.79 Å². The van der Waals surface area contributed by atoms with E-state index in [1.807, 2.05) is 54.6 Å². The zero-order valence-electron chi connectivity index (χ0n) is 15.6. The zero-order chi connectivity index (χ0) is 18.6. The number of rotatable bonds is 4. The molecule has 2 aromatic carbocycles. The first kappa shape index (κ1) is 17.5. The second-order valence-electron chi connectivity index (χ2n) is 7.12. The average Bonchev–Trinajstić information content (AvgIpc) is 2.72. The number of hydrogen-bond acceptors (Lipinski definition) is 4. The maximum Gasteiger partial charge on any atom is 0.272 e. The van der Waals surface area contributed by atoms with Crippen molar-refractivity contribution in [3.8, 4) is 0 Å². The number of aromatic nitrogens is 2. The maximum atomic E-state index is 12.8. The molecule has 0 bridgehead atoms. The highest BCUT2D eigenvalue weighted by atomic mass is 16.1. The first-order chi connectivity index (χ1) is 13.2.